The van der Waals surface area contributed by atoms with Gasteiger partial charge in [0.15, 0.2) is 0 Å². The highest BCUT2D eigenvalue weighted by Crippen LogP contribution is 2.32. The molecule has 0 unspecified atom stereocenters. The summed E-state index contributed by atoms with van der Waals surface area (Å²) in [6.45, 7) is 1.95. The number of methoxy groups -OCH3 is 1. The van der Waals surface area contributed by atoms with E-state index in [2.05, 4.69) is 25.8 Å². The number of aromatic hydroxyl groups is 1. The number of nitrogens with one attached hydrogen (secondary N) is 3. The summed E-state index contributed by atoms with van der Waals surface area (Å²) in [5.74, 6) is 0.540. The Balaban J connectivity index is 1.36. The number of amides is 1. The molecule has 35 heavy (non-hydrogen) atoms. The zero-order chi connectivity index (χ0) is 24.4. The number of rotatable bonds is 6. The van der Waals surface area contributed by atoms with E-state index in [4.69, 9.17) is 4.74 Å². The number of para-hydroxylation sites is 1. The van der Waals surface area contributed by atoms with Gasteiger partial charge in [0.1, 0.15) is 22.7 Å². The molecular formula is C27H23N5O3. The first kappa shape index (κ1) is 22.0. The quantitative estimate of drug-likeness (QED) is 0.202. The fourth-order valence-electron chi connectivity index (χ4n) is 3.89. The van der Waals surface area contributed by atoms with E-state index in [1.165, 1.54) is 6.21 Å². The van der Waals surface area contributed by atoms with Crippen LogP contribution in [0.3, 0.4) is 0 Å². The molecule has 0 saturated heterocycles. The van der Waals surface area contributed by atoms with Gasteiger partial charge >= 0.3 is 0 Å². The number of aromatic amines is 1. The number of benzene rings is 3. The van der Waals surface area contributed by atoms with Crippen molar-refractivity contribution < 1.29 is 14.6 Å². The minimum Gasteiger partial charge on any atom is -0.508 e. The van der Waals surface area contributed by atoms with Crippen molar-refractivity contribution in [3.63, 3.8) is 0 Å². The number of carbonyl (C=O) groups excluding carboxylic acids is 1. The molecule has 8 nitrogen and oxygen atoms in total. The lowest BCUT2D eigenvalue weighted by atomic mass is 10.1. The summed E-state index contributed by atoms with van der Waals surface area (Å²) in [6, 6.07) is 22.0. The summed E-state index contributed by atoms with van der Waals surface area (Å²) >= 11 is 0. The predicted octanol–water partition coefficient (Wildman–Crippen LogP) is 5.25. The fraction of sp³-hybridized carbons (Fsp3) is 0.0741. The van der Waals surface area contributed by atoms with Crippen molar-refractivity contribution >= 4 is 45.3 Å². The van der Waals surface area contributed by atoms with E-state index in [1.54, 1.807) is 37.4 Å². The molecule has 0 aliphatic carbocycles. The normalized spacial score (nSPS) is 11.3. The van der Waals surface area contributed by atoms with Gasteiger partial charge in [0.05, 0.1) is 13.3 Å². The van der Waals surface area contributed by atoms with Crippen LogP contribution >= 0.6 is 0 Å². The zero-order valence-corrected chi connectivity index (χ0v) is 19.2. The van der Waals surface area contributed by atoms with Gasteiger partial charge in [-0.25, -0.2) is 10.4 Å². The minimum absolute atomic E-state index is 0.171. The number of hydrogen-bond acceptors (Lipinski definition) is 6. The summed E-state index contributed by atoms with van der Waals surface area (Å²) in [5, 5.41) is 18.6. The van der Waals surface area contributed by atoms with Crippen LogP contribution in [0.25, 0.3) is 21.8 Å². The van der Waals surface area contributed by atoms with Crippen LogP contribution in [0.4, 0.5) is 11.4 Å². The Morgan fingerprint density at radius 3 is 2.71 bits per heavy atom. The predicted molar refractivity (Wildman–Crippen MR) is 138 cm³/mol. The molecule has 0 aliphatic rings. The lowest BCUT2D eigenvalue weighted by Gasteiger charge is -2.13. The van der Waals surface area contributed by atoms with Crippen molar-refractivity contribution in [3.8, 4) is 11.5 Å². The van der Waals surface area contributed by atoms with E-state index in [9.17, 15) is 9.90 Å². The number of carbonyl (C=O) groups is 1. The second-order valence-corrected chi connectivity index (χ2v) is 8.07. The highest BCUT2D eigenvalue weighted by Gasteiger charge is 2.11. The van der Waals surface area contributed by atoms with Crippen molar-refractivity contribution in [2.24, 2.45) is 5.10 Å². The highest BCUT2D eigenvalue weighted by atomic mass is 16.5. The minimum atomic E-state index is -0.353. The van der Waals surface area contributed by atoms with Gasteiger partial charge in [-0.15, -0.1) is 0 Å². The van der Waals surface area contributed by atoms with Crippen LogP contribution in [0.15, 0.2) is 77.9 Å². The SMILES string of the molecule is COc1cccc2c(Nc3ccc4[nH]c(C(=O)N/N=C/c5ccc(O)cc5)cc4c3)cc(C)nc12. The van der Waals surface area contributed by atoms with E-state index in [0.29, 0.717) is 5.69 Å². The number of phenolic OH excluding ortho intramolecular Hbond substituents is 1. The van der Waals surface area contributed by atoms with Gasteiger partial charge in [0, 0.05) is 33.4 Å². The van der Waals surface area contributed by atoms with Crippen LogP contribution in [0.5, 0.6) is 11.5 Å². The van der Waals surface area contributed by atoms with Gasteiger partial charge in [-0.3, -0.25) is 4.79 Å². The number of hydrogen-bond donors (Lipinski definition) is 4. The van der Waals surface area contributed by atoms with Crippen LogP contribution < -0.4 is 15.5 Å². The Morgan fingerprint density at radius 2 is 1.91 bits per heavy atom. The van der Waals surface area contributed by atoms with Crippen LogP contribution in [-0.2, 0) is 0 Å². The summed E-state index contributed by atoms with van der Waals surface area (Å²) in [6.07, 6.45) is 1.51. The lowest BCUT2D eigenvalue weighted by Crippen LogP contribution is -2.17. The monoisotopic (exact) mass is 465 g/mol. The van der Waals surface area contributed by atoms with Gasteiger partial charge in [-0.05, 0) is 73.2 Å². The zero-order valence-electron chi connectivity index (χ0n) is 19.2. The number of nitrogens with zero attached hydrogens (tertiary/aromatic N) is 2. The molecule has 5 rings (SSSR count). The molecule has 2 aromatic heterocycles. The van der Waals surface area contributed by atoms with Crippen molar-refractivity contribution in [2.75, 3.05) is 12.4 Å². The highest BCUT2D eigenvalue weighted by molar-refractivity contribution is 6.00. The van der Waals surface area contributed by atoms with Crippen LogP contribution in [0.1, 0.15) is 21.7 Å². The Labute approximate surface area is 201 Å². The maximum absolute atomic E-state index is 12.5. The number of anilines is 2. The third kappa shape index (κ3) is 4.63. The van der Waals surface area contributed by atoms with E-state index >= 15 is 0 Å². The Bertz CT molecular complexity index is 1570. The van der Waals surface area contributed by atoms with Gasteiger partial charge in [-0.2, -0.15) is 5.10 Å². The van der Waals surface area contributed by atoms with Crippen LogP contribution in [-0.4, -0.2) is 34.3 Å². The molecule has 1 amide bonds. The number of pyridine rings is 1. The molecule has 0 aliphatic heterocycles. The molecule has 0 fully saturated rings. The van der Waals surface area contributed by atoms with Crippen LogP contribution in [0, 0.1) is 6.92 Å². The number of aryl methyl sites for hydroxylation is 1. The third-order valence-corrected chi connectivity index (χ3v) is 5.57. The maximum Gasteiger partial charge on any atom is 0.287 e. The maximum atomic E-state index is 12.5. The molecule has 8 heteroatoms. The first-order valence-electron chi connectivity index (χ1n) is 11.0. The standard InChI is InChI=1S/C27H23N5O3/c1-16-12-23(21-4-3-5-25(35-2)26(21)29-16)30-19-8-11-22-18(13-19)14-24(31-22)27(34)32-28-15-17-6-9-20(33)10-7-17/h3-15,31,33H,1-2H3,(H,29,30)(H,32,34)/b28-15+. The Morgan fingerprint density at radius 1 is 1.09 bits per heavy atom. The lowest BCUT2D eigenvalue weighted by molar-refractivity contribution is 0.0951. The van der Waals surface area contributed by atoms with E-state index < -0.39 is 0 Å². The first-order valence-corrected chi connectivity index (χ1v) is 11.0. The second-order valence-electron chi connectivity index (χ2n) is 8.07. The molecule has 0 spiro atoms. The number of H-pyrrole nitrogens is 1. The summed E-state index contributed by atoms with van der Waals surface area (Å²) in [7, 11) is 1.64. The molecule has 174 valence electrons. The molecule has 3 aromatic carbocycles. The molecule has 5 aromatic rings. The van der Waals surface area contributed by atoms with E-state index in [1.807, 2.05) is 49.4 Å². The van der Waals surface area contributed by atoms with Crippen molar-refractivity contribution in [3.05, 3.63) is 89.7 Å². The molecule has 4 N–H and O–H groups in total. The molecule has 2 heterocycles. The van der Waals surface area contributed by atoms with Gasteiger partial charge in [0.2, 0.25) is 0 Å². The van der Waals surface area contributed by atoms with Gasteiger partial charge < -0.3 is 20.1 Å². The van der Waals surface area contributed by atoms with Crippen molar-refractivity contribution in [1.29, 1.82) is 0 Å². The molecular weight excluding hydrogens is 442 g/mol. The number of ether oxygens (including phenoxy) is 1. The van der Waals surface area contributed by atoms with Crippen molar-refractivity contribution in [1.82, 2.24) is 15.4 Å². The fourth-order valence-corrected chi connectivity index (χ4v) is 3.89. The third-order valence-electron chi connectivity index (χ3n) is 5.57. The van der Waals surface area contributed by atoms with Crippen LogP contribution in [0.2, 0.25) is 0 Å². The molecule has 0 saturated carbocycles. The van der Waals surface area contributed by atoms with E-state index in [0.717, 1.165) is 50.2 Å². The summed E-state index contributed by atoms with van der Waals surface area (Å²) in [5.41, 5.74) is 7.98. The van der Waals surface area contributed by atoms with Crippen molar-refractivity contribution in [2.45, 2.75) is 6.92 Å². The van der Waals surface area contributed by atoms with E-state index in [-0.39, 0.29) is 11.7 Å². The largest absolute Gasteiger partial charge is 0.508 e. The average molecular weight is 466 g/mol. The first-order chi connectivity index (χ1) is 17.0. The smallest absolute Gasteiger partial charge is 0.287 e. The number of aromatic nitrogens is 2. The van der Waals surface area contributed by atoms with Gasteiger partial charge in [0.25, 0.3) is 5.91 Å². The Kier molecular flexibility index (Phi) is 5.76. The second kappa shape index (κ2) is 9.18. The molecule has 0 atom stereocenters. The topological polar surface area (TPSA) is 112 Å². The summed E-state index contributed by atoms with van der Waals surface area (Å²) < 4.78 is 5.48. The number of phenols is 1. The molecule has 0 radical (unpaired) electrons. The average Bonchev–Trinajstić information content (AvgIpc) is 3.28. The number of fused-ring (bicyclic) bond motifs is 2. The number of hydrazone groups is 1. The molecule has 0 bridgehead atoms. The summed E-state index contributed by atoms with van der Waals surface area (Å²) in [4.78, 5) is 20.3. The van der Waals surface area contributed by atoms with Gasteiger partial charge in [-0.1, -0.05) is 12.1 Å². The Hall–Kier alpha value is -4.85.